The first-order valence-corrected chi connectivity index (χ1v) is 5.12. The Hall–Kier alpha value is 0.356. The van der Waals surface area contributed by atoms with Gasteiger partial charge in [0.05, 0.1) is 6.10 Å². The molecule has 84 valence electrons. The Morgan fingerprint density at radius 3 is 2.69 bits per heavy atom. The normalized spacial score (nSPS) is 15.3. The number of halogens is 2. The van der Waals surface area contributed by atoms with E-state index in [2.05, 4.69) is 6.07 Å². The van der Waals surface area contributed by atoms with Crippen molar-refractivity contribution in [3.05, 3.63) is 35.6 Å². The van der Waals surface area contributed by atoms with Gasteiger partial charge in [-0.05, 0) is 12.8 Å². The molecule has 0 aliphatic heterocycles. The Morgan fingerprint density at radius 1 is 1.38 bits per heavy atom. The van der Waals surface area contributed by atoms with Crippen LogP contribution in [0, 0.1) is 11.9 Å². The molecule has 0 spiro atoms. The summed E-state index contributed by atoms with van der Waals surface area (Å²) in [5.41, 5.74) is 0.803. The van der Waals surface area contributed by atoms with Crippen molar-refractivity contribution in [3.63, 3.8) is 0 Å². The van der Waals surface area contributed by atoms with E-state index in [9.17, 15) is 4.39 Å². The van der Waals surface area contributed by atoms with Gasteiger partial charge in [0.1, 0.15) is 0 Å². The van der Waals surface area contributed by atoms with Crippen molar-refractivity contribution in [3.8, 4) is 0 Å². The van der Waals surface area contributed by atoms with Crippen molar-refractivity contribution in [2.75, 3.05) is 0 Å². The van der Waals surface area contributed by atoms with Gasteiger partial charge in [-0.1, -0.05) is 12.8 Å². The molecule has 0 saturated heterocycles. The SMILES string of the molecule is Fc1cc[c-]c(COC2CCCC2)c1.[Br-].[Mg+2]. The van der Waals surface area contributed by atoms with E-state index in [1.54, 1.807) is 6.07 Å². The Balaban J connectivity index is 0.00000112. The molecule has 1 aromatic rings. The second kappa shape index (κ2) is 8.45. The Kier molecular flexibility index (Phi) is 8.64. The predicted molar refractivity (Wildman–Crippen MR) is 58.0 cm³/mol. The van der Waals surface area contributed by atoms with Gasteiger partial charge in [-0.3, -0.25) is 0 Å². The van der Waals surface area contributed by atoms with Gasteiger partial charge in [0.25, 0.3) is 0 Å². The first-order chi connectivity index (χ1) is 6.84. The van der Waals surface area contributed by atoms with Crippen molar-refractivity contribution in [2.45, 2.75) is 38.4 Å². The maximum absolute atomic E-state index is 12.8. The van der Waals surface area contributed by atoms with E-state index in [1.165, 1.54) is 25.0 Å². The van der Waals surface area contributed by atoms with Gasteiger partial charge >= 0.3 is 23.1 Å². The molecule has 0 unspecified atom stereocenters. The molecule has 0 N–H and O–H groups in total. The van der Waals surface area contributed by atoms with Crippen LogP contribution >= 0.6 is 0 Å². The molecular weight excluding hydrogens is 283 g/mol. The molecular formula is C12H14BrFMgO. The van der Waals surface area contributed by atoms with Crippen LogP contribution in [0.5, 0.6) is 0 Å². The number of hydrogen-bond acceptors (Lipinski definition) is 1. The number of rotatable bonds is 3. The van der Waals surface area contributed by atoms with Crippen LogP contribution in [0.25, 0.3) is 0 Å². The first kappa shape index (κ1) is 16.4. The zero-order valence-electron chi connectivity index (χ0n) is 9.22. The molecule has 0 heterocycles. The van der Waals surface area contributed by atoms with Gasteiger partial charge in [0.15, 0.2) is 0 Å². The molecule has 1 aliphatic carbocycles. The zero-order chi connectivity index (χ0) is 9.80. The summed E-state index contributed by atoms with van der Waals surface area (Å²) in [4.78, 5) is 0. The second-order valence-electron chi connectivity index (χ2n) is 3.75. The Labute approximate surface area is 123 Å². The Morgan fingerprint density at radius 2 is 2.06 bits per heavy atom. The molecule has 0 amide bonds. The Bertz CT molecular complexity index is 303. The molecule has 16 heavy (non-hydrogen) atoms. The molecule has 1 fully saturated rings. The summed E-state index contributed by atoms with van der Waals surface area (Å²) in [6.07, 6.45) is 5.20. The zero-order valence-corrected chi connectivity index (χ0v) is 12.2. The van der Waals surface area contributed by atoms with Gasteiger partial charge in [-0.15, -0.1) is 17.7 Å². The van der Waals surface area contributed by atoms with Crippen LogP contribution in [-0.2, 0) is 11.3 Å². The smallest absolute Gasteiger partial charge is 1.00 e. The third-order valence-electron chi connectivity index (χ3n) is 2.60. The monoisotopic (exact) mass is 296 g/mol. The van der Waals surface area contributed by atoms with Crippen molar-refractivity contribution in [1.82, 2.24) is 0 Å². The summed E-state index contributed by atoms with van der Waals surface area (Å²) in [5.74, 6) is -0.214. The van der Waals surface area contributed by atoms with E-state index in [0.717, 1.165) is 18.4 Å². The minimum atomic E-state index is -0.214. The van der Waals surface area contributed by atoms with E-state index >= 15 is 0 Å². The van der Waals surface area contributed by atoms with Crippen LogP contribution in [0.2, 0.25) is 0 Å². The first-order valence-electron chi connectivity index (χ1n) is 5.12. The maximum Gasteiger partial charge on any atom is 2.00 e. The van der Waals surface area contributed by atoms with Crippen LogP contribution in [0.1, 0.15) is 31.2 Å². The third-order valence-corrected chi connectivity index (χ3v) is 2.60. The average molecular weight is 297 g/mol. The maximum atomic E-state index is 12.8. The van der Waals surface area contributed by atoms with Gasteiger partial charge in [0, 0.05) is 12.4 Å². The molecule has 1 nitrogen and oxygen atoms in total. The van der Waals surface area contributed by atoms with Crippen LogP contribution in [0.3, 0.4) is 0 Å². The van der Waals surface area contributed by atoms with E-state index in [4.69, 9.17) is 4.74 Å². The molecule has 1 aliphatic rings. The fraction of sp³-hybridized carbons (Fsp3) is 0.500. The summed E-state index contributed by atoms with van der Waals surface area (Å²) in [6.45, 7) is 0.489. The van der Waals surface area contributed by atoms with Gasteiger partial charge in [-0.25, -0.2) is 4.39 Å². The fourth-order valence-corrected chi connectivity index (χ4v) is 1.83. The molecule has 4 heteroatoms. The fourth-order valence-electron chi connectivity index (χ4n) is 1.83. The molecule has 0 atom stereocenters. The standard InChI is InChI=1S/C12H14FO.BrH.Mg/c13-11-5-3-4-10(8-11)9-14-12-6-1-2-7-12;;/h3,5,8,12H,1-2,6-7,9H2;1H;/q-1;;+2/p-1. The van der Waals surface area contributed by atoms with Crippen LogP contribution in [0.4, 0.5) is 4.39 Å². The molecule has 0 bridgehead atoms. The van der Waals surface area contributed by atoms with Crippen LogP contribution < -0.4 is 17.0 Å². The summed E-state index contributed by atoms with van der Waals surface area (Å²) in [5, 5.41) is 0. The molecule has 2 rings (SSSR count). The van der Waals surface area contributed by atoms with E-state index < -0.39 is 0 Å². The van der Waals surface area contributed by atoms with Crippen molar-refractivity contribution in [1.29, 1.82) is 0 Å². The van der Waals surface area contributed by atoms with Gasteiger partial charge in [-0.2, -0.15) is 12.1 Å². The van der Waals surface area contributed by atoms with E-state index in [1.807, 2.05) is 0 Å². The quantitative estimate of drug-likeness (QED) is 0.550. The largest absolute Gasteiger partial charge is 2.00 e. The molecule has 1 saturated carbocycles. The summed E-state index contributed by atoms with van der Waals surface area (Å²) in [6, 6.07) is 7.45. The topological polar surface area (TPSA) is 9.23 Å². The van der Waals surface area contributed by atoms with Crippen molar-refractivity contribution in [2.24, 2.45) is 0 Å². The summed E-state index contributed by atoms with van der Waals surface area (Å²) in [7, 11) is 0. The van der Waals surface area contributed by atoms with E-state index in [-0.39, 0.29) is 45.9 Å². The van der Waals surface area contributed by atoms with Crippen LogP contribution in [-0.4, -0.2) is 29.2 Å². The minimum Gasteiger partial charge on any atom is -1.00 e. The van der Waals surface area contributed by atoms with Gasteiger partial charge < -0.3 is 21.7 Å². The molecule has 1 aromatic carbocycles. The van der Waals surface area contributed by atoms with Crippen molar-refractivity contribution < 1.29 is 26.1 Å². The average Bonchev–Trinajstić information content (AvgIpc) is 2.67. The van der Waals surface area contributed by atoms with Crippen LogP contribution in [0.15, 0.2) is 18.2 Å². The number of benzene rings is 1. The van der Waals surface area contributed by atoms with Crippen molar-refractivity contribution >= 4 is 23.1 Å². The molecule has 0 radical (unpaired) electrons. The number of ether oxygens (including phenoxy) is 1. The minimum absolute atomic E-state index is 0. The number of hydrogen-bond donors (Lipinski definition) is 0. The molecule has 0 aromatic heterocycles. The third kappa shape index (κ3) is 5.12. The summed E-state index contributed by atoms with van der Waals surface area (Å²) >= 11 is 0. The predicted octanol–water partition coefficient (Wildman–Crippen LogP) is -0.292. The van der Waals surface area contributed by atoms with E-state index in [0.29, 0.717) is 12.7 Å². The second-order valence-corrected chi connectivity index (χ2v) is 3.75. The summed E-state index contributed by atoms with van der Waals surface area (Å²) < 4.78 is 18.4. The van der Waals surface area contributed by atoms with Gasteiger partial charge in [0.2, 0.25) is 0 Å².